The smallest absolute Gasteiger partial charge is 0.336 e. The first kappa shape index (κ1) is 27.5. The minimum atomic E-state index is -0.937. The highest BCUT2D eigenvalue weighted by molar-refractivity contribution is 7.81. The minimum Gasteiger partial charge on any atom is -0.478 e. The zero-order valence-electron chi connectivity index (χ0n) is 21.6. The molecule has 3 aromatic rings. The van der Waals surface area contributed by atoms with E-state index in [1.54, 1.807) is 12.1 Å². The summed E-state index contributed by atoms with van der Waals surface area (Å²) in [7, 11) is 0. The van der Waals surface area contributed by atoms with Gasteiger partial charge in [0, 0.05) is 13.0 Å². The van der Waals surface area contributed by atoms with Crippen LogP contribution in [0.5, 0.6) is 0 Å². The van der Waals surface area contributed by atoms with Crippen LogP contribution in [0, 0.1) is 12.8 Å². The lowest BCUT2D eigenvalue weighted by molar-refractivity contribution is -0.121. The van der Waals surface area contributed by atoms with Crippen LogP contribution in [0.3, 0.4) is 0 Å². The number of benzene rings is 2. The van der Waals surface area contributed by atoms with Gasteiger partial charge >= 0.3 is 5.97 Å². The number of imidazole rings is 1. The van der Waals surface area contributed by atoms with E-state index in [4.69, 9.17) is 4.98 Å². The van der Waals surface area contributed by atoms with E-state index in [9.17, 15) is 14.7 Å². The first-order valence-corrected chi connectivity index (χ1v) is 13.1. The minimum absolute atomic E-state index is 0.0595. The number of nitrogens with one attached hydrogen (secondary N) is 1. The number of hydrogen-bond acceptors (Lipinski definition) is 4. The van der Waals surface area contributed by atoms with Gasteiger partial charge < -0.3 is 15.0 Å². The van der Waals surface area contributed by atoms with Crippen LogP contribution in [-0.4, -0.2) is 31.8 Å². The Hall–Kier alpha value is -3.06. The molecule has 0 saturated carbocycles. The number of carbonyl (C=O) groups is 2. The molecule has 0 radical (unpaired) electrons. The second-order valence-electron chi connectivity index (χ2n) is 9.66. The van der Waals surface area contributed by atoms with Crippen molar-refractivity contribution in [1.82, 2.24) is 14.9 Å². The number of nitrogens with zero attached hydrogens (tertiary/aromatic N) is 2. The largest absolute Gasteiger partial charge is 0.478 e. The molecule has 192 valence electrons. The number of hydrogen-bond donors (Lipinski definition) is 3. The third kappa shape index (κ3) is 7.00. The summed E-state index contributed by atoms with van der Waals surface area (Å²) >= 11 is 4.48. The third-order valence-electron chi connectivity index (χ3n) is 6.30. The predicted octanol–water partition coefficient (Wildman–Crippen LogP) is 5.91. The number of aromatic nitrogens is 2. The number of aryl methyl sites for hydroxylation is 2. The second-order valence-corrected chi connectivity index (χ2v) is 10.3. The van der Waals surface area contributed by atoms with Crippen molar-refractivity contribution in [3.05, 3.63) is 76.9 Å². The van der Waals surface area contributed by atoms with Crippen molar-refractivity contribution in [2.45, 2.75) is 71.7 Å². The van der Waals surface area contributed by atoms with Crippen LogP contribution in [-0.2, 0) is 24.3 Å². The molecular formula is C29H37N3O3S. The quantitative estimate of drug-likeness (QED) is 0.266. The molecular weight excluding hydrogens is 470 g/mol. The molecule has 0 bridgehead atoms. The van der Waals surface area contributed by atoms with E-state index in [-0.39, 0.29) is 16.7 Å². The van der Waals surface area contributed by atoms with Crippen LogP contribution in [0.2, 0.25) is 0 Å². The molecule has 7 heteroatoms. The van der Waals surface area contributed by atoms with Gasteiger partial charge in [-0.25, -0.2) is 9.78 Å². The van der Waals surface area contributed by atoms with E-state index in [2.05, 4.69) is 43.3 Å². The lowest BCUT2D eigenvalue weighted by atomic mass is 9.98. The molecule has 0 fully saturated rings. The van der Waals surface area contributed by atoms with Crippen LogP contribution in [0.25, 0.3) is 11.1 Å². The number of amides is 1. The van der Waals surface area contributed by atoms with Crippen molar-refractivity contribution in [1.29, 1.82) is 0 Å². The van der Waals surface area contributed by atoms with Gasteiger partial charge in [0.05, 0.1) is 28.7 Å². The molecule has 1 aromatic heterocycles. The fourth-order valence-corrected chi connectivity index (χ4v) is 4.85. The van der Waals surface area contributed by atoms with E-state index in [0.717, 1.165) is 54.0 Å². The standard InChI is InChI=1S/C29H37N3O3S/c1-5-6-11-27-31-20(4)25(17-30-28(33)26(36)16-19(2)3)32(27)18-21-12-14-22(15-13-21)23-9-7-8-10-24(23)29(34)35/h7-10,12-15,19,26,36H,5-6,11,16-18H2,1-4H3,(H,30,33)(H,34,35)/t26-/m0/s1. The van der Waals surface area contributed by atoms with Crippen molar-refractivity contribution in [2.75, 3.05) is 0 Å². The van der Waals surface area contributed by atoms with Crippen LogP contribution < -0.4 is 5.32 Å². The van der Waals surface area contributed by atoms with Gasteiger partial charge in [-0.3, -0.25) is 4.79 Å². The van der Waals surface area contributed by atoms with Crippen molar-refractivity contribution in [3.8, 4) is 11.1 Å². The maximum atomic E-state index is 12.6. The van der Waals surface area contributed by atoms with E-state index in [1.165, 1.54) is 0 Å². The normalized spacial score (nSPS) is 12.1. The van der Waals surface area contributed by atoms with Crippen LogP contribution >= 0.6 is 12.6 Å². The second kappa shape index (κ2) is 12.8. The van der Waals surface area contributed by atoms with Gasteiger partial charge in [0.2, 0.25) is 5.91 Å². The molecule has 1 amide bonds. The molecule has 3 rings (SSSR count). The van der Waals surface area contributed by atoms with E-state index < -0.39 is 5.97 Å². The Morgan fingerprint density at radius 3 is 2.44 bits per heavy atom. The number of carbonyl (C=O) groups excluding carboxylic acids is 1. The summed E-state index contributed by atoms with van der Waals surface area (Å²) in [5, 5.41) is 12.3. The van der Waals surface area contributed by atoms with Crippen molar-refractivity contribution >= 4 is 24.5 Å². The Bertz CT molecular complexity index is 1180. The molecule has 0 aliphatic heterocycles. The summed E-state index contributed by atoms with van der Waals surface area (Å²) in [4.78, 5) is 29.1. The molecule has 0 saturated heterocycles. The first-order chi connectivity index (χ1) is 17.2. The summed E-state index contributed by atoms with van der Waals surface area (Å²) in [5.41, 5.74) is 4.86. The Kier molecular flexibility index (Phi) is 9.76. The van der Waals surface area contributed by atoms with E-state index in [0.29, 0.717) is 24.6 Å². The Labute approximate surface area is 219 Å². The average Bonchev–Trinajstić information content (AvgIpc) is 3.14. The molecule has 2 aromatic carbocycles. The monoisotopic (exact) mass is 507 g/mol. The van der Waals surface area contributed by atoms with E-state index >= 15 is 0 Å². The van der Waals surface area contributed by atoms with Gasteiger partial charge in [-0.2, -0.15) is 12.6 Å². The van der Waals surface area contributed by atoms with Gasteiger partial charge in [-0.15, -0.1) is 0 Å². The number of thiol groups is 1. The molecule has 1 heterocycles. The molecule has 2 N–H and O–H groups in total. The zero-order chi connectivity index (χ0) is 26.2. The van der Waals surface area contributed by atoms with Crippen LogP contribution in [0.1, 0.15) is 73.2 Å². The highest BCUT2D eigenvalue weighted by Crippen LogP contribution is 2.25. The number of carboxylic acids is 1. The summed E-state index contributed by atoms with van der Waals surface area (Å²) in [6.45, 7) is 9.36. The zero-order valence-corrected chi connectivity index (χ0v) is 22.5. The summed E-state index contributed by atoms with van der Waals surface area (Å²) in [6.07, 6.45) is 3.72. The Morgan fingerprint density at radius 2 is 1.81 bits per heavy atom. The Balaban J connectivity index is 1.84. The average molecular weight is 508 g/mol. The number of carboxylic acid groups (broad SMARTS) is 1. The van der Waals surface area contributed by atoms with Crippen LogP contribution in [0.4, 0.5) is 0 Å². The maximum Gasteiger partial charge on any atom is 0.336 e. The van der Waals surface area contributed by atoms with Gasteiger partial charge in [0.15, 0.2) is 0 Å². The number of aromatic carboxylic acids is 1. The van der Waals surface area contributed by atoms with E-state index in [1.807, 2.05) is 43.3 Å². The number of unbranched alkanes of at least 4 members (excludes halogenated alkanes) is 1. The topological polar surface area (TPSA) is 84.2 Å². The fourth-order valence-electron chi connectivity index (χ4n) is 4.34. The summed E-state index contributed by atoms with van der Waals surface area (Å²) < 4.78 is 2.21. The maximum absolute atomic E-state index is 12.6. The molecule has 0 unspecified atom stereocenters. The molecule has 36 heavy (non-hydrogen) atoms. The highest BCUT2D eigenvalue weighted by atomic mass is 32.1. The summed E-state index contributed by atoms with van der Waals surface area (Å²) in [6, 6.07) is 15.0. The van der Waals surface area contributed by atoms with Crippen LogP contribution in [0.15, 0.2) is 48.5 Å². The van der Waals surface area contributed by atoms with Gasteiger partial charge in [0.1, 0.15) is 5.82 Å². The molecule has 0 aliphatic carbocycles. The SMILES string of the molecule is CCCCc1nc(C)c(CNC(=O)[C@@H](S)CC(C)C)n1Cc1ccc(-c2ccccc2C(=O)O)cc1. The predicted molar refractivity (Wildman–Crippen MR) is 148 cm³/mol. The van der Waals surface area contributed by atoms with Gasteiger partial charge in [-0.1, -0.05) is 69.7 Å². The fraction of sp³-hybridized carbons (Fsp3) is 0.414. The molecule has 0 spiro atoms. The van der Waals surface area contributed by atoms with Crippen molar-refractivity contribution < 1.29 is 14.7 Å². The highest BCUT2D eigenvalue weighted by Gasteiger charge is 2.19. The summed E-state index contributed by atoms with van der Waals surface area (Å²) in [5.74, 6) is 0.420. The van der Waals surface area contributed by atoms with Crippen molar-refractivity contribution in [2.24, 2.45) is 5.92 Å². The number of rotatable bonds is 12. The van der Waals surface area contributed by atoms with Gasteiger partial charge in [-0.05, 0) is 48.4 Å². The van der Waals surface area contributed by atoms with Gasteiger partial charge in [0.25, 0.3) is 0 Å². The lowest BCUT2D eigenvalue weighted by Gasteiger charge is -2.16. The Morgan fingerprint density at radius 1 is 1.11 bits per heavy atom. The van der Waals surface area contributed by atoms with Crippen molar-refractivity contribution in [3.63, 3.8) is 0 Å². The first-order valence-electron chi connectivity index (χ1n) is 12.6. The third-order valence-corrected chi connectivity index (χ3v) is 6.74. The lowest BCUT2D eigenvalue weighted by Crippen LogP contribution is -2.32. The molecule has 0 aliphatic rings. The molecule has 1 atom stereocenters. The molecule has 6 nitrogen and oxygen atoms in total.